The van der Waals surface area contributed by atoms with E-state index in [2.05, 4.69) is 10.2 Å². The number of rotatable bonds is 7. The number of aromatic amines is 1. The fraction of sp³-hybridized carbons (Fsp3) is 0.111. The molecule has 1 aliphatic rings. The van der Waals surface area contributed by atoms with Crippen LogP contribution in [0.3, 0.4) is 0 Å². The van der Waals surface area contributed by atoms with E-state index in [1.54, 1.807) is 36.3 Å². The van der Waals surface area contributed by atoms with Crippen LogP contribution in [0.1, 0.15) is 21.5 Å². The van der Waals surface area contributed by atoms with Crippen LogP contribution in [0.25, 0.3) is 28.1 Å². The maximum absolute atomic E-state index is 13.1. The van der Waals surface area contributed by atoms with Gasteiger partial charge in [0.05, 0.1) is 23.1 Å². The van der Waals surface area contributed by atoms with E-state index < -0.39 is 5.97 Å². The van der Waals surface area contributed by atoms with Crippen molar-refractivity contribution in [2.24, 2.45) is 0 Å². The number of thioether (sulfide) groups is 1. The van der Waals surface area contributed by atoms with Gasteiger partial charge in [0.1, 0.15) is 10.1 Å². The number of carboxylic acid groups (broad SMARTS) is 1. The minimum Gasteiger partial charge on any atom is -0.496 e. The van der Waals surface area contributed by atoms with Crippen molar-refractivity contribution in [3.05, 3.63) is 82.3 Å². The highest BCUT2D eigenvalue weighted by molar-refractivity contribution is 8.26. The fourth-order valence-corrected chi connectivity index (χ4v) is 5.46. The van der Waals surface area contributed by atoms with Gasteiger partial charge in [-0.2, -0.15) is 5.10 Å². The van der Waals surface area contributed by atoms with Crippen LogP contribution in [-0.4, -0.2) is 50.1 Å². The maximum Gasteiger partial charge on any atom is 0.335 e. The smallest absolute Gasteiger partial charge is 0.335 e. The third kappa shape index (κ3) is 4.93. The van der Waals surface area contributed by atoms with Gasteiger partial charge in [-0.05, 0) is 65.6 Å². The summed E-state index contributed by atoms with van der Waals surface area (Å²) in [4.78, 5) is 26.3. The largest absolute Gasteiger partial charge is 0.496 e. The molecule has 5 rings (SSSR count). The van der Waals surface area contributed by atoms with Gasteiger partial charge in [0, 0.05) is 17.5 Å². The molecule has 4 N–H and O–H groups in total. The molecule has 2 heterocycles. The maximum atomic E-state index is 13.1. The molecule has 37 heavy (non-hydrogen) atoms. The number of nitrogens with two attached hydrogens (primary N) is 1. The molecule has 0 saturated carbocycles. The van der Waals surface area contributed by atoms with E-state index in [-0.39, 0.29) is 11.5 Å². The van der Waals surface area contributed by atoms with Crippen molar-refractivity contribution < 1.29 is 19.4 Å². The SMILES string of the molecule is COc1ccc(C=C2SC(=S)N(CCc3ccc(C(=O)O)cc3)C2=O)cc1-c1ccc2c(N)n[nH]c2c1. The Morgan fingerprint density at radius 3 is 2.70 bits per heavy atom. The number of nitrogens with zero attached hydrogens (tertiary/aromatic N) is 2. The van der Waals surface area contributed by atoms with Crippen molar-refractivity contribution in [2.45, 2.75) is 6.42 Å². The van der Waals surface area contributed by atoms with Crippen molar-refractivity contribution in [3.63, 3.8) is 0 Å². The molecular weight excluding hydrogens is 508 g/mol. The molecule has 1 aliphatic heterocycles. The monoisotopic (exact) mass is 530 g/mol. The number of carboxylic acids is 1. The number of fused-ring (bicyclic) bond motifs is 1. The Morgan fingerprint density at radius 1 is 1.19 bits per heavy atom. The number of ether oxygens (including phenoxy) is 1. The molecule has 0 unspecified atom stereocenters. The van der Waals surface area contributed by atoms with Gasteiger partial charge in [-0.3, -0.25) is 14.8 Å². The minimum absolute atomic E-state index is 0.149. The molecule has 0 spiro atoms. The molecule has 1 fully saturated rings. The summed E-state index contributed by atoms with van der Waals surface area (Å²) in [6, 6.07) is 18.2. The quantitative estimate of drug-likeness (QED) is 0.226. The second kappa shape index (κ2) is 10.1. The average molecular weight is 531 g/mol. The Morgan fingerprint density at radius 2 is 1.97 bits per heavy atom. The second-order valence-corrected chi connectivity index (χ2v) is 10.1. The normalized spacial score (nSPS) is 14.6. The van der Waals surface area contributed by atoms with Gasteiger partial charge >= 0.3 is 5.97 Å². The number of nitrogens with one attached hydrogen (secondary N) is 1. The number of thiocarbonyl (C=S) groups is 1. The number of carbonyl (C=O) groups excluding carboxylic acids is 1. The number of anilines is 1. The molecule has 1 saturated heterocycles. The van der Waals surface area contributed by atoms with Gasteiger partial charge < -0.3 is 15.6 Å². The number of amides is 1. The Kier molecular flexibility index (Phi) is 6.68. The molecule has 1 aromatic heterocycles. The molecule has 0 bridgehead atoms. The van der Waals surface area contributed by atoms with E-state index in [1.807, 2.05) is 42.5 Å². The van der Waals surface area contributed by atoms with Crippen LogP contribution in [0.15, 0.2) is 65.6 Å². The van der Waals surface area contributed by atoms with E-state index in [0.717, 1.165) is 33.2 Å². The number of hydrogen-bond acceptors (Lipinski definition) is 7. The molecule has 8 nitrogen and oxygen atoms in total. The van der Waals surface area contributed by atoms with E-state index in [9.17, 15) is 9.59 Å². The average Bonchev–Trinajstić information content (AvgIpc) is 3.40. The predicted molar refractivity (Wildman–Crippen MR) is 149 cm³/mol. The Balaban J connectivity index is 1.36. The summed E-state index contributed by atoms with van der Waals surface area (Å²) in [6.07, 6.45) is 2.39. The number of hydrogen-bond donors (Lipinski definition) is 3. The van der Waals surface area contributed by atoms with Gasteiger partial charge in [0.2, 0.25) is 0 Å². The van der Waals surface area contributed by atoms with Gasteiger partial charge in [-0.15, -0.1) is 0 Å². The summed E-state index contributed by atoms with van der Waals surface area (Å²) < 4.78 is 6.08. The highest BCUT2D eigenvalue weighted by Crippen LogP contribution is 2.36. The van der Waals surface area contributed by atoms with Gasteiger partial charge in [0.25, 0.3) is 5.91 Å². The number of nitrogen functional groups attached to an aromatic ring is 1. The third-order valence-corrected chi connectivity index (χ3v) is 7.50. The van der Waals surface area contributed by atoms with Crippen molar-refractivity contribution in [1.82, 2.24) is 15.1 Å². The lowest BCUT2D eigenvalue weighted by atomic mass is 10.0. The zero-order valence-electron chi connectivity index (χ0n) is 19.7. The number of aromatic nitrogens is 2. The first kappa shape index (κ1) is 24.5. The number of aromatic carboxylic acids is 1. The summed E-state index contributed by atoms with van der Waals surface area (Å²) in [5, 5.41) is 16.9. The number of carbonyl (C=O) groups is 2. The number of methoxy groups -OCH3 is 1. The topological polar surface area (TPSA) is 122 Å². The highest BCUT2D eigenvalue weighted by atomic mass is 32.2. The first-order valence-electron chi connectivity index (χ1n) is 11.3. The molecule has 186 valence electrons. The van der Waals surface area contributed by atoms with Crippen LogP contribution in [0, 0.1) is 0 Å². The zero-order chi connectivity index (χ0) is 26.1. The highest BCUT2D eigenvalue weighted by Gasteiger charge is 2.31. The molecule has 4 aromatic rings. The van der Waals surface area contributed by atoms with E-state index in [1.165, 1.54) is 11.8 Å². The van der Waals surface area contributed by atoms with Crippen LogP contribution >= 0.6 is 24.0 Å². The molecular formula is C27H22N4O4S2. The van der Waals surface area contributed by atoms with Gasteiger partial charge in [-0.1, -0.05) is 48.2 Å². The lowest BCUT2D eigenvalue weighted by molar-refractivity contribution is -0.122. The zero-order valence-corrected chi connectivity index (χ0v) is 21.4. The van der Waals surface area contributed by atoms with Crippen molar-refractivity contribution in [2.75, 3.05) is 19.4 Å². The first-order chi connectivity index (χ1) is 17.8. The Hall–Kier alpha value is -4.15. The summed E-state index contributed by atoms with van der Waals surface area (Å²) in [6.45, 7) is 0.412. The van der Waals surface area contributed by atoms with E-state index in [0.29, 0.717) is 33.8 Å². The molecule has 1 amide bonds. The minimum atomic E-state index is -0.970. The standard InChI is InChI=1S/C27H22N4O4S2/c1-35-22-9-4-16(12-20(22)18-7-8-19-21(14-18)29-30-24(19)28)13-23-25(32)31(27(36)37-23)11-10-15-2-5-17(6-3-15)26(33)34/h2-9,12-14H,10-11H2,1H3,(H,33,34)(H3,28,29,30). The van der Waals surface area contributed by atoms with Gasteiger partial charge in [-0.25, -0.2) is 4.79 Å². The van der Waals surface area contributed by atoms with Crippen LogP contribution in [0.2, 0.25) is 0 Å². The Labute approximate surface area is 222 Å². The first-order valence-corrected chi connectivity index (χ1v) is 12.6. The van der Waals surface area contributed by atoms with Crippen molar-refractivity contribution in [3.8, 4) is 16.9 Å². The van der Waals surface area contributed by atoms with E-state index >= 15 is 0 Å². The summed E-state index contributed by atoms with van der Waals surface area (Å²) >= 11 is 6.75. The predicted octanol–water partition coefficient (Wildman–Crippen LogP) is 4.96. The Bertz CT molecular complexity index is 1580. The molecule has 0 atom stereocenters. The van der Waals surface area contributed by atoms with Crippen LogP contribution in [-0.2, 0) is 11.2 Å². The van der Waals surface area contributed by atoms with E-state index in [4.69, 9.17) is 27.8 Å². The van der Waals surface area contributed by atoms with Crippen molar-refractivity contribution in [1.29, 1.82) is 0 Å². The van der Waals surface area contributed by atoms with Crippen LogP contribution in [0.4, 0.5) is 5.82 Å². The molecule has 0 radical (unpaired) electrons. The molecule has 0 aliphatic carbocycles. The number of benzene rings is 3. The lowest BCUT2D eigenvalue weighted by Crippen LogP contribution is -2.30. The van der Waals surface area contributed by atoms with Gasteiger partial charge in [0.15, 0.2) is 5.82 Å². The summed E-state index contributed by atoms with van der Waals surface area (Å²) in [5.74, 6) is 0.0257. The number of H-pyrrole nitrogens is 1. The molecule has 3 aromatic carbocycles. The third-order valence-electron chi connectivity index (χ3n) is 6.12. The van der Waals surface area contributed by atoms with Crippen LogP contribution in [0.5, 0.6) is 5.75 Å². The van der Waals surface area contributed by atoms with Crippen LogP contribution < -0.4 is 10.5 Å². The molecule has 10 heteroatoms. The summed E-state index contributed by atoms with van der Waals surface area (Å²) in [7, 11) is 1.62. The van der Waals surface area contributed by atoms with Crippen molar-refractivity contribution >= 4 is 63.0 Å². The lowest BCUT2D eigenvalue weighted by Gasteiger charge is -2.14. The second-order valence-electron chi connectivity index (χ2n) is 8.41. The fourth-order valence-electron chi connectivity index (χ4n) is 4.15. The summed E-state index contributed by atoms with van der Waals surface area (Å²) in [5.41, 5.74) is 10.5.